The normalized spacial score (nSPS) is 21.5. The second-order valence-electron chi connectivity index (χ2n) is 6.52. The average Bonchev–Trinajstić information content (AvgIpc) is 3.08. The Labute approximate surface area is 162 Å². The molecule has 0 spiro atoms. The molecule has 2 aliphatic heterocycles. The number of amides is 2. The zero-order chi connectivity index (χ0) is 20.6. The first-order valence-electron chi connectivity index (χ1n) is 8.63. The highest BCUT2D eigenvalue weighted by Crippen LogP contribution is 2.46. The van der Waals surface area contributed by atoms with E-state index < -0.39 is 30.4 Å². The molecule has 0 aromatic heterocycles. The second-order valence-corrected chi connectivity index (χ2v) is 6.52. The molecule has 0 saturated carbocycles. The lowest BCUT2D eigenvalue weighted by Gasteiger charge is -2.42. The molecule has 1 fully saturated rings. The molecule has 2 aliphatic rings. The van der Waals surface area contributed by atoms with Gasteiger partial charge in [-0.2, -0.15) is 0 Å². The van der Waals surface area contributed by atoms with E-state index in [4.69, 9.17) is 14.2 Å². The van der Waals surface area contributed by atoms with Crippen molar-refractivity contribution in [3.63, 3.8) is 0 Å². The van der Waals surface area contributed by atoms with Gasteiger partial charge in [0.1, 0.15) is 11.8 Å². The Kier molecular flexibility index (Phi) is 5.17. The quantitative estimate of drug-likeness (QED) is 0.413. The first kappa shape index (κ1) is 19.5. The second kappa shape index (κ2) is 7.41. The van der Waals surface area contributed by atoms with Crippen LogP contribution in [-0.2, 0) is 23.7 Å². The molecule has 0 unspecified atom stereocenters. The molecular weight excluding hydrogens is 368 g/mol. The molecule has 0 aliphatic carbocycles. The molecule has 0 bridgehead atoms. The predicted octanol–water partition coefficient (Wildman–Crippen LogP) is 2.63. The third-order valence-electron chi connectivity index (χ3n) is 4.93. The number of benzene rings is 1. The fourth-order valence-corrected chi connectivity index (χ4v) is 3.44. The van der Waals surface area contributed by atoms with E-state index in [0.29, 0.717) is 17.1 Å². The summed E-state index contributed by atoms with van der Waals surface area (Å²) in [6, 6.07) is 3.01. The lowest BCUT2D eigenvalue weighted by Crippen LogP contribution is -2.58. The average molecular weight is 390 g/mol. The number of hydrogen-bond acceptors (Lipinski definition) is 7. The van der Waals surface area contributed by atoms with Crippen LogP contribution in [0, 0.1) is 13.8 Å². The van der Waals surface area contributed by atoms with Gasteiger partial charge in [0.05, 0.1) is 38.8 Å². The van der Waals surface area contributed by atoms with Crippen LogP contribution in [0.2, 0.25) is 0 Å². The molecule has 1 aromatic carbocycles. The maximum absolute atomic E-state index is 12.6. The van der Waals surface area contributed by atoms with Crippen molar-refractivity contribution < 1.29 is 33.3 Å². The van der Waals surface area contributed by atoms with Gasteiger partial charge in [-0.05, 0) is 37.1 Å². The molecule has 9 heteroatoms. The van der Waals surface area contributed by atoms with E-state index in [2.05, 4.69) is 4.74 Å². The summed E-state index contributed by atoms with van der Waals surface area (Å²) in [7, 11) is 3.81. The number of ether oxygens (including phenoxy) is 4. The number of aryl methyl sites for hydroxylation is 2. The van der Waals surface area contributed by atoms with Gasteiger partial charge in [-0.15, -0.1) is 0 Å². The lowest BCUT2D eigenvalue weighted by molar-refractivity contribution is -0.135. The molecule has 0 N–H and O–H groups in total. The van der Waals surface area contributed by atoms with E-state index in [1.54, 1.807) is 6.07 Å². The fourth-order valence-electron chi connectivity index (χ4n) is 3.44. The Morgan fingerprint density at radius 2 is 1.50 bits per heavy atom. The molecule has 2 heterocycles. The highest BCUT2D eigenvalue weighted by atomic mass is 16.6. The SMILES string of the molecule is COC(=O)/C=C1\C[C@H]2[C@@H](O1)N(C(=O)OC)c1cc(C)c(C)cc1N2C(=O)OC. The van der Waals surface area contributed by atoms with E-state index in [1.807, 2.05) is 19.9 Å². The molecule has 150 valence electrons. The Balaban J connectivity index is 2.18. The minimum Gasteiger partial charge on any atom is -0.472 e. The van der Waals surface area contributed by atoms with E-state index in [1.165, 1.54) is 37.2 Å². The van der Waals surface area contributed by atoms with Gasteiger partial charge in [0, 0.05) is 6.42 Å². The Bertz CT molecular complexity index is 805. The Morgan fingerprint density at radius 1 is 0.964 bits per heavy atom. The van der Waals surface area contributed by atoms with E-state index in [9.17, 15) is 14.4 Å². The van der Waals surface area contributed by atoms with Crippen LogP contribution >= 0.6 is 0 Å². The molecule has 2 amide bonds. The number of esters is 1. The van der Waals surface area contributed by atoms with Gasteiger partial charge >= 0.3 is 18.2 Å². The molecule has 1 aromatic rings. The topological polar surface area (TPSA) is 94.6 Å². The van der Waals surface area contributed by atoms with Gasteiger partial charge in [0.15, 0.2) is 0 Å². The van der Waals surface area contributed by atoms with Crippen LogP contribution in [0.25, 0.3) is 0 Å². The summed E-state index contributed by atoms with van der Waals surface area (Å²) in [5.41, 5.74) is 2.84. The maximum Gasteiger partial charge on any atom is 0.417 e. The minimum atomic E-state index is -0.878. The van der Waals surface area contributed by atoms with E-state index >= 15 is 0 Å². The standard InChI is InChI=1S/C19H22N2O7/c1-10-6-13-14(7-11(10)2)21(19(24)27-5)17-15(20(13)18(23)26-4)8-12(28-17)9-16(22)25-3/h6-7,9,15,17H,8H2,1-5H3/b12-9+/t15-,17+/m0/s1. The third-order valence-corrected chi connectivity index (χ3v) is 4.93. The Hall–Kier alpha value is -3.23. The lowest BCUT2D eigenvalue weighted by atomic mass is 10.00. The van der Waals surface area contributed by atoms with Crippen molar-refractivity contribution in [1.29, 1.82) is 0 Å². The van der Waals surface area contributed by atoms with Crippen LogP contribution in [0.15, 0.2) is 24.0 Å². The zero-order valence-corrected chi connectivity index (χ0v) is 16.3. The van der Waals surface area contributed by atoms with E-state index in [-0.39, 0.29) is 6.42 Å². The maximum atomic E-state index is 12.6. The summed E-state index contributed by atoms with van der Waals surface area (Å²) in [5, 5.41) is 0. The van der Waals surface area contributed by atoms with Crippen LogP contribution < -0.4 is 9.80 Å². The van der Waals surface area contributed by atoms with Crippen molar-refractivity contribution in [3.8, 4) is 0 Å². The smallest absolute Gasteiger partial charge is 0.417 e. The fraction of sp³-hybridized carbons (Fsp3) is 0.421. The van der Waals surface area contributed by atoms with Crippen molar-refractivity contribution >= 4 is 29.5 Å². The number of hydrogen-bond donors (Lipinski definition) is 0. The van der Waals surface area contributed by atoms with Crippen LogP contribution in [-0.4, -0.2) is 51.8 Å². The molecule has 28 heavy (non-hydrogen) atoms. The predicted molar refractivity (Wildman–Crippen MR) is 99.1 cm³/mol. The number of rotatable bonds is 1. The molecule has 0 radical (unpaired) electrons. The summed E-state index contributed by atoms with van der Waals surface area (Å²) < 4.78 is 20.4. The van der Waals surface area contributed by atoms with Crippen molar-refractivity contribution in [1.82, 2.24) is 0 Å². The van der Waals surface area contributed by atoms with Gasteiger partial charge in [0.25, 0.3) is 0 Å². The van der Waals surface area contributed by atoms with Crippen LogP contribution in [0.3, 0.4) is 0 Å². The summed E-state index contributed by atoms with van der Waals surface area (Å²) in [6.45, 7) is 3.81. The third kappa shape index (κ3) is 3.12. The highest BCUT2D eigenvalue weighted by Gasteiger charge is 2.51. The zero-order valence-electron chi connectivity index (χ0n) is 16.3. The summed E-state index contributed by atoms with van der Waals surface area (Å²) in [4.78, 5) is 39.6. The monoisotopic (exact) mass is 390 g/mol. The first-order valence-corrected chi connectivity index (χ1v) is 8.63. The molecule has 2 atom stereocenters. The number of anilines is 2. The summed E-state index contributed by atoms with van der Waals surface area (Å²) in [5.74, 6) is -0.294. The Morgan fingerprint density at radius 3 is 2.04 bits per heavy atom. The van der Waals surface area contributed by atoms with Crippen molar-refractivity contribution in [2.75, 3.05) is 31.1 Å². The molecule has 9 nitrogen and oxygen atoms in total. The van der Waals surface area contributed by atoms with Crippen molar-refractivity contribution in [3.05, 3.63) is 35.1 Å². The number of nitrogens with zero attached hydrogens (tertiary/aromatic N) is 2. The first-order chi connectivity index (χ1) is 13.3. The van der Waals surface area contributed by atoms with Gasteiger partial charge in [0.2, 0.25) is 6.23 Å². The van der Waals surface area contributed by atoms with Crippen LogP contribution in [0.1, 0.15) is 17.5 Å². The summed E-state index contributed by atoms with van der Waals surface area (Å²) >= 11 is 0. The number of carbonyl (C=O) groups excluding carboxylic acids is 3. The minimum absolute atomic E-state index is 0.203. The van der Waals surface area contributed by atoms with Gasteiger partial charge < -0.3 is 18.9 Å². The van der Waals surface area contributed by atoms with Crippen LogP contribution in [0.4, 0.5) is 21.0 Å². The molecule has 3 rings (SSSR count). The molecule has 1 saturated heterocycles. The van der Waals surface area contributed by atoms with Crippen molar-refractivity contribution in [2.24, 2.45) is 0 Å². The molecular formula is C19H22N2O7. The highest BCUT2D eigenvalue weighted by molar-refractivity contribution is 6.02. The number of carbonyl (C=O) groups is 3. The number of methoxy groups -OCH3 is 3. The van der Waals surface area contributed by atoms with E-state index in [0.717, 1.165) is 11.1 Å². The van der Waals surface area contributed by atoms with Gasteiger partial charge in [-0.3, -0.25) is 4.90 Å². The summed E-state index contributed by atoms with van der Waals surface area (Å²) in [6.07, 6.45) is -0.702. The van der Waals surface area contributed by atoms with Gasteiger partial charge in [-0.1, -0.05) is 0 Å². The van der Waals surface area contributed by atoms with Crippen molar-refractivity contribution in [2.45, 2.75) is 32.5 Å². The largest absolute Gasteiger partial charge is 0.472 e. The van der Waals surface area contributed by atoms with Gasteiger partial charge in [-0.25, -0.2) is 19.3 Å². The number of fused-ring (bicyclic) bond motifs is 2. The van der Waals surface area contributed by atoms with Crippen LogP contribution in [0.5, 0.6) is 0 Å².